The van der Waals surface area contributed by atoms with E-state index in [4.69, 9.17) is 13.6 Å². The molecule has 4 aromatic rings. The average Bonchev–Trinajstić information content (AvgIpc) is 3.07. The Morgan fingerprint density at radius 3 is 2.77 bits per heavy atom. The summed E-state index contributed by atoms with van der Waals surface area (Å²) in [6, 6.07) is 15.4. The summed E-state index contributed by atoms with van der Waals surface area (Å²) >= 11 is 0. The zero-order valence-electron chi connectivity index (χ0n) is 13.6. The number of nitrogens with one attached hydrogen (secondary N) is 1. The number of amides is 1. The van der Waals surface area contributed by atoms with E-state index in [1.54, 1.807) is 24.3 Å². The molecule has 0 radical (unpaired) electrons. The molecule has 0 atom stereocenters. The number of hydrogen-bond donors (Lipinski definition) is 1. The maximum absolute atomic E-state index is 11.9. The fourth-order valence-corrected chi connectivity index (χ4v) is 2.50. The number of fused-ring (bicyclic) bond motifs is 2. The highest BCUT2D eigenvalue weighted by atomic mass is 16.5. The minimum atomic E-state index is -0.439. The van der Waals surface area contributed by atoms with E-state index in [2.05, 4.69) is 10.3 Å². The third-order valence-corrected chi connectivity index (χ3v) is 3.74. The highest BCUT2D eigenvalue weighted by molar-refractivity contribution is 5.79. The Morgan fingerprint density at radius 2 is 1.88 bits per heavy atom. The highest BCUT2D eigenvalue weighted by Crippen LogP contribution is 2.19. The van der Waals surface area contributed by atoms with E-state index in [1.807, 2.05) is 24.3 Å². The monoisotopic (exact) mass is 350 g/mol. The van der Waals surface area contributed by atoms with Crippen LogP contribution in [0, 0.1) is 0 Å². The molecule has 4 rings (SSSR count). The first-order valence-corrected chi connectivity index (χ1v) is 7.95. The van der Waals surface area contributed by atoms with E-state index < -0.39 is 5.63 Å². The topological polar surface area (TPSA) is 94.6 Å². The van der Waals surface area contributed by atoms with Crippen molar-refractivity contribution in [1.29, 1.82) is 0 Å². The zero-order chi connectivity index (χ0) is 17.9. The van der Waals surface area contributed by atoms with Crippen LogP contribution in [-0.2, 0) is 11.3 Å². The molecule has 7 nitrogen and oxygen atoms in total. The molecule has 1 amide bonds. The standard InChI is InChI=1S/C19H14N2O5/c22-17(20-10-18-21-14-3-1-2-4-15(14)25-18)11-24-13-7-5-12-6-8-19(23)26-16(12)9-13/h1-9H,10-11H2,(H,20,22). The average molecular weight is 350 g/mol. The Bertz CT molecular complexity index is 1110. The van der Waals surface area contributed by atoms with Crippen molar-refractivity contribution in [1.82, 2.24) is 10.3 Å². The molecule has 0 unspecified atom stereocenters. The van der Waals surface area contributed by atoms with Gasteiger partial charge in [0.2, 0.25) is 5.89 Å². The smallest absolute Gasteiger partial charge is 0.336 e. The maximum atomic E-state index is 11.9. The lowest BCUT2D eigenvalue weighted by Crippen LogP contribution is -2.28. The van der Waals surface area contributed by atoms with Crippen LogP contribution in [0.1, 0.15) is 5.89 Å². The van der Waals surface area contributed by atoms with Crippen LogP contribution in [-0.4, -0.2) is 17.5 Å². The molecular formula is C19H14N2O5. The molecule has 0 saturated carbocycles. The molecule has 1 N–H and O–H groups in total. The van der Waals surface area contributed by atoms with Gasteiger partial charge in [-0.3, -0.25) is 4.79 Å². The van der Waals surface area contributed by atoms with Gasteiger partial charge in [-0.05, 0) is 30.3 Å². The van der Waals surface area contributed by atoms with Crippen molar-refractivity contribution in [3.8, 4) is 5.75 Å². The molecule has 0 bridgehead atoms. The van der Waals surface area contributed by atoms with Crippen molar-refractivity contribution in [2.75, 3.05) is 6.61 Å². The number of rotatable bonds is 5. The second-order valence-electron chi connectivity index (χ2n) is 5.59. The maximum Gasteiger partial charge on any atom is 0.336 e. The van der Waals surface area contributed by atoms with Gasteiger partial charge in [0.1, 0.15) is 16.8 Å². The van der Waals surface area contributed by atoms with E-state index in [1.165, 1.54) is 6.07 Å². The van der Waals surface area contributed by atoms with Crippen molar-refractivity contribution in [3.05, 3.63) is 70.9 Å². The predicted octanol–water partition coefficient (Wildman–Crippen LogP) is 2.63. The number of ether oxygens (including phenoxy) is 1. The fourth-order valence-electron chi connectivity index (χ4n) is 2.50. The van der Waals surface area contributed by atoms with Gasteiger partial charge in [-0.1, -0.05) is 12.1 Å². The summed E-state index contributed by atoms with van der Waals surface area (Å²) < 4.78 is 16.1. The number of oxazole rings is 1. The zero-order valence-corrected chi connectivity index (χ0v) is 13.6. The molecule has 7 heteroatoms. The van der Waals surface area contributed by atoms with Crippen LogP contribution in [0.25, 0.3) is 22.1 Å². The van der Waals surface area contributed by atoms with Gasteiger partial charge in [0.15, 0.2) is 12.2 Å². The predicted molar refractivity (Wildman–Crippen MR) is 93.8 cm³/mol. The quantitative estimate of drug-likeness (QED) is 0.556. The van der Waals surface area contributed by atoms with Crippen LogP contribution < -0.4 is 15.7 Å². The van der Waals surface area contributed by atoms with Crippen molar-refractivity contribution in [2.45, 2.75) is 6.54 Å². The summed E-state index contributed by atoms with van der Waals surface area (Å²) in [5, 5.41) is 3.46. The minimum absolute atomic E-state index is 0.170. The summed E-state index contributed by atoms with van der Waals surface area (Å²) in [6.45, 7) is -0.00767. The van der Waals surface area contributed by atoms with Gasteiger partial charge < -0.3 is 18.9 Å². The molecule has 130 valence electrons. The first kappa shape index (κ1) is 15.9. The Labute approximate surface area is 147 Å². The van der Waals surface area contributed by atoms with Crippen LogP contribution in [0.2, 0.25) is 0 Å². The molecule has 2 aromatic carbocycles. The lowest BCUT2D eigenvalue weighted by Gasteiger charge is -2.06. The lowest BCUT2D eigenvalue weighted by molar-refractivity contribution is -0.123. The first-order chi connectivity index (χ1) is 12.7. The van der Waals surface area contributed by atoms with Crippen LogP contribution in [0.3, 0.4) is 0 Å². The van der Waals surface area contributed by atoms with E-state index in [0.717, 1.165) is 10.9 Å². The number of aromatic nitrogens is 1. The molecule has 2 heterocycles. The van der Waals surface area contributed by atoms with Gasteiger partial charge in [-0.25, -0.2) is 9.78 Å². The molecule has 0 fully saturated rings. The normalized spacial score (nSPS) is 10.9. The minimum Gasteiger partial charge on any atom is -0.484 e. The third-order valence-electron chi connectivity index (χ3n) is 3.74. The van der Waals surface area contributed by atoms with Crippen LogP contribution in [0.15, 0.2) is 68.2 Å². The summed E-state index contributed by atoms with van der Waals surface area (Å²) in [5.41, 5.74) is 1.38. The van der Waals surface area contributed by atoms with Crippen LogP contribution in [0.5, 0.6) is 5.75 Å². The Kier molecular flexibility index (Phi) is 4.10. The molecule has 0 aliphatic heterocycles. The Morgan fingerprint density at radius 1 is 1.04 bits per heavy atom. The first-order valence-electron chi connectivity index (χ1n) is 7.95. The van der Waals surface area contributed by atoms with E-state index in [0.29, 0.717) is 22.8 Å². The van der Waals surface area contributed by atoms with Crippen molar-refractivity contribution in [3.63, 3.8) is 0 Å². The van der Waals surface area contributed by atoms with E-state index >= 15 is 0 Å². The molecule has 0 aliphatic rings. The molecule has 0 aliphatic carbocycles. The van der Waals surface area contributed by atoms with Gasteiger partial charge in [-0.2, -0.15) is 0 Å². The number of nitrogens with zero attached hydrogens (tertiary/aromatic N) is 1. The largest absolute Gasteiger partial charge is 0.484 e. The van der Waals surface area contributed by atoms with Crippen molar-refractivity contribution in [2.24, 2.45) is 0 Å². The van der Waals surface area contributed by atoms with Gasteiger partial charge in [-0.15, -0.1) is 0 Å². The van der Waals surface area contributed by atoms with E-state index in [-0.39, 0.29) is 19.1 Å². The van der Waals surface area contributed by atoms with E-state index in [9.17, 15) is 9.59 Å². The SMILES string of the molecule is O=C(COc1ccc2ccc(=O)oc2c1)NCc1nc2ccccc2o1. The van der Waals surface area contributed by atoms with Gasteiger partial charge in [0, 0.05) is 17.5 Å². The molecule has 2 aromatic heterocycles. The molecule has 0 saturated heterocycles. The summed E-state index contributed by atoms with van der Waals surface area (Å²) in [4.78, 5) is 27.5. The van der Waals surface area contributed by atoms with Crippen LogP contribution >= 0.6 is 0 Å². The molecule has 26 heavy (non-hydrogen) atoms. The number of benzene rings is 2. The van der Waals surface area contributed by atoms with Crippen molar-refractivity contribution < 1.29 is 18.4 Å². The second-order valence-corrected chi connectivity index (χ2v) is 5.59. The number of carbonyl (C=O) groups excluding carboxylic acids is 1. The Hall–Kier alpha value is -3.61. The van der Waals surface area contributed by atoms with Gasteiger partial charge in [0.05, 0.1) is 6.54 Å². The second kappa shape index (κ2) is 6.72. The van der Waals surface area contributed by atoms with Gasteiger partial charge >= 0.3 is 5.63 Å². The third kappa shape index (κ3) is 3.41. The molecular weight excluding hydrogens is 336 g/mol. The summed E-state index contributed by atoms with van der Waals surface area (Å²) in [7, 11) is 0. The highest BCUT2D eigenvalue weighted by Gasteiger charge is 2.08. The summed E-state index contributed by atoms with van der Waals surface area (Å²) in [6.07, 6.45) is 0. The Balaban J connectivity index is 1.35. The number of hydrogen-bond acceptors (Lipinski definition) is 6. The summed E-state index contributed by atoms with van der Waals surface area (Å²) in [5.74, 6) is 0.540. The van der Waals surface area contributed by atoms with Crippen molar-refractivity contribution >= 4 is 28.0 Å². The number of para-hydroxylation sites is 2. The number of carbonyl (C=O) groups is 1. The van der Waals surface area contributed by atoms with Gasteiger partial charge in [0.25, 0.3) is 5.91 Å². The van der Waals surface area contributed by atoms with Crippen LogP contribution in [0.4, 0.5) is 0 Å². The lowest BCUT2D eigenvalue weighted by atomic mass is 10.2. The fraction of sp³-hybridized carbons (Fsp3) is 0.105. The molecule has 0 spiro atoms.